The van der Waals surface area contributed by atoms with Crippen LogP contribution in [-0.4, -0.2) is 39.3 Å². The van der Waals surface area contributed by atoms with Crippen LogP contribution in [0.25, 0.3) is 0 Å². The minimum Gasteiger partial charge on any atom is -0.467 e. The third-order valence-electron chi connectivity index (χ3n) is 2.06. The molecule has 0 saturated carbocycles. The van der Waals surface area contributed by atoms with Gasteiger partial charge in [-0.1, -0.05) is 11.6 Å². The van der Waals surface area contributed by atoms with Crippen molar-refractivity contribution >= 4 is 27.6 Å². The van der Waals surface area contributed by atoms with Crippen LogP contribution in [0.1, 0.15) is 0 Å². The lowest BCUT2D eigenvalue weighted by atomic mass is 10.4. The van der Waals surface area contributed by atoms with Crippen molar-refractivity contribution in [1.29, 1.82) is 0 Å². The monoisotopic (exact) mass is 293 g/mol. The smallest absolute Gasteiger partial charge is 0.336 e. The predicted octanol–water partition coefficient (Wildman–Crippen LogP) is 0.152. The Bertz CT molecular complexity index is 514. The van der Waals surface area contributed by atoms with Crippen LogP contribution < -0.4 is 4.72 Å². The largest absolute Gasteiger partial charge is 0.467 e. The highest BCUT2D eigenvalue weighted by Crippen LogP contribution is 2.13. The van der Waals surface area contributed by atoms with Crippen molar-refractivity contribution in [2.24, 2.45) is 0 Å². The Balaban J connectivity index is 2.71. The average molecular weight is 294 g/mol. The quantitative estimate of drug-likeness (QED) is 0.754. The molecule has 0 aliphatic heterocycles. The van der Waals surface area contributed by atoms with Crippen LogP contribution in [0.3, 0.4) is 0 Å². The van der Waals surface area contributed by atoms with E-state index in [9.17, 15) is 18.3 Å². The van der Waals surface area contributed by atoms with E-state index in [2.05, 4.69) is 9.46 Å². The molecule has 0 fully saturated rings. The highest BCUT2D eigenvalue weighted by atomic mass is 35.5. The molecule has 18 heavy (non-hydrogen) atoms. The first-order valence-electron chi connectivity index (χ1n) is 4.88. The van der Waals surface area contributed by atoms with Gasteiger partial charge in [0.05, 0.1) is 12.0 Å². The minimum atomic E-state index is -3.79. The number of rotatable bonds is 5. The van der Waals surface area contributed by atoms with Gasteiger partial charge in [0.25, 0.3) is 0 Å². The molecule has 2 N–H and O–H groups in total. The number of hydrogen-bond donors (Lipinski definition) is 2. The van der Waals surface area contributed by atoms with E-state index >= 15 is 0 Å². The maximum Gasteiger partial charge on any atom is 0.336 e. The van der Waals surface area contributed by atoms with E-state index in [1.165, 1.54) is 24.3 Å². The molecular weight excluding hydrogens is 282 g/mol. The van der Waals surface area contributed by atoms with E-state index in [4.69, 9.17) is 11.6 Å². The normalized spacial score (nSPS) is 13.1. The Morgan fingerprint density at radius 1 is 1.44 bits per heavy atom. The van der Waals surface area contributed by atoms with E-state index in [0.29, 0.717) is 5.02 Å². The number of nitrogens with one attached hydrogen (secondary N) is 1. The van der Waals surface area contributed by atoms with Crippen LogP contribution in [0.15, 0.2) is 29.2 Å². The summed E-state index contributed by atoms with van der Waals surface area (Å²) in [5, 5.41) is 9.66. The molecule has 0 heterocycles. The average Bonchev–Trinajstić information content (AvgIpc) is 2.35. The summed E-state index contributed by atoms with van der Waals surface area (Å²) in [6.07, 6.45) is -1.54. The number of ether oxygens (including phenoxy) is 1. The molecule has 0 aliphatic rings. The topological polar surface area (TPSA) is 92.7 Å². The molecule has 6 nitrogen and oxygen atoms in total. The molecule has 0 amide bonds. The van der Waals surface area contributed by atoms with Gasteiger partial charge in [0.15, 0.2) is 6.10 Å². The highest BCUT2D eigenvalue weighted by Gasteiger charge is 2.20. The van der Waals surface area contributed by atoms with E-state index in [0.717, 1.165) is 7.11 Å². The van der Waals surface area contributed by atoms with Crippen LogP contribution in [-0.2, 0) is 19.6 Å². The van der Waals surface area contributed by atoms with Gasteiger partial charge in [-0.15, -0.1) is 0 Å². The summed E-state index contributed by atoms with van der Waals surface area (Å²) < 4.78 is 29.8. The third kappa shape index (κ3) is 3.95. The molecule has 1 atom stereocenters. The lowest BCUT2D eigenvalue weighted by Gasteiger charge is -2.10. The van der Waals surface area contributed by atoms with Crippen molar-refractivity contribution in [3.05, 3.63) is 29.3 Å². The van der Waals surface area contributed by atoms with Crippen LogP contribution in [0.4, 0.5) is 0 Å². The number of methoxy groups -OCH3 is 1. The van der Waals surface area contributed by atoms with Crippen LogP contribution in [0.5, 0.6) is 0 Å². The molecule has 1 aromatic carbocycles. The lowest BCUT2D eigenvalue weighted by Crippen LogP contribution is -2.37. The summed E-state index contributed by atoms with van der Waals surface area (Å²) in [5.41, 5.74) is 0. The second-order valence-electron chi connectivity index (χ2n) is 3.34. The second kappa shape index (κ2) is 6.14. The number of hydrogen-bond acceptors (Lipinski definition) is 5. The zero-order valence-corrected chi connectivity index (χ0v) is 11.0. The first-order chi connectivity index (χ1) is 8.36. The number of halogens is 1. The number of benzene rings is 1. The molecule has 8 heteroatoms. The maximum absolute atomic E-state index is 11.7. The Morgan fingerprint density at radius 2 is 2.00 bits per heavy atom. The standard InChI is InChI=1S/C10H12ClNO5S/c1-17-10(14)9(13)6-12-18(15,16)8-4-2-7(11)3-5-8/h2-5,9,12-13H,6H2,1H3. The fourth-order valence-corrected chi connectivity index (χ4v) is 2.27. The zero-order chi connectivity index (χ0) is 13.8. The molecule has 0 aliphatic carbocycles. The lowest BCUT2D eigenvalue weighted by molar-refractivity contribution is -0.149. The van der Waals surface area contributed by atoms with Gasteiger partial charge in [-0.2, -0.15) is 0 Å². The maximum atomic E-state index is 11.7. The fourth-order valence-electron chi connectivity index (χ4n) is 1.11. The van der Waals surface area contributed by atoms with Crippen LogP contribution in [0.2, 0.25) is 5.02 Å². The van der Waals surface area contributed by atoms with E-state index in [1.54, 1.807) is 0 Å². The molecule has 1 aromatic rings. The van der Waals surface area contributed by atoms with Gasteiger partial charge in [-0.25, -0.2) is 17.9 Å². The Morgan fingerprint density at radius 3 is 2.50 bits per heavy atom. The molecular formula is C10H12ClNO5S. The first kappa shape index (κ1) is 14.9. The number of carbonyl (C=O) groups excluding carboxylic acids is 1. The second-order valence-corrected chi connectivity index (χ2v) is 5.55. The van der Waals surface area contributed by atoms with E-state index in [1.807, 2.05) is 0 Å². The molecule has 0 bridgehead atoms. The van der Waals surface area contributed by atoms with Crippen molar-refractivity contribution in [3.8, 4) is 0 Å². The number of aliphatic hydroxyl groups is 1. The SMILES string of the molecule is COC(=O)C(O)CNS(=O)(=O)c1ccc(Cl)cc1. The fraction of sp³-hybridized carbons (Fsp3) is 0.300. The first-order valence-corrected chi connectivity index (χ1v) is 6.74. The van der Waals surface area contributed by atoms with Gasteiger partial charge in [0, 0.05) is 11.6 Å². The predicted molar refractivity (Wildman–Crippen MR) is 64.7 cm³/mol. The van der Waals surface area contributed by atoms with Gasteiger partial charge in [0.1, 0.15) is 0 Å². The molecule has 1 rings (SSSR count). The summed E-state index contributed by atoms with van der Waals surface area (Å²) in [5.74, 6) is -0.909. The highest BCUT2D eigenvalue weighted by molar-refractivity contribution is 7.89. The van der Waals surface area contributed by atoms with Gasteiger partial charge >= 0.3 is 5.97 Å². The van der Waals surface area contributed by atoms with Gasteiger partial charge < -0.3 is 9.84 Å². The minimum absolute atomic E-state index is 0.0102. The van der Waals surface area contributed by atoms with Crippen molar-refractivity contribution in [1.82, 2.24) is 4.72 Å². The van der Waals surface area contributed by atoms with Gasteiger partial charge in [-0.05, 0) is 24.3 Å². The molecule has 0 saturated heterocycles. The number of sulfonamides is 1. The van der Waals surface area contributed by atoms with Crippen molar-refractivity contribution < 1.29 is 23.1 Å². The van der Waals surface area contributed by atoms with Crippen LogP contribution >= 0.6 is 11.6 Å². The summed E-state index contributed by atoms with van der Waals surface area (Å²) >= 11 is 5.63. The molecule has 0 spiro atoms. The summed E-state index contributed by atoms with van der Waals surface area (Å²) in [6.45, 7) is -0.461. The molecule has 1 unspecified atom stereocenters. The van der Waals surface area contributed by atoms with Gasteiger partial charge in [0.2, 0.25) is 10.0 Å². The zero-order valence-electron chi connectivity index (χ0n) is 9.46. The summed E-state index contributed by atoms with van der Waals surface area (Å²) in [4.78, 5) is 10.9. The number of esters is 1. The number of aliphatic hydroxyl groups excluding tert-OH is 1. The Kier molecular flexibility index (Phi) is 5.09. The van der Waals surface area contributed by atoms with Crippen LogP contribution in [0, 0.1) is 0 Å². The van der Waals surface area contributed by atoms with Crippen molar-refractivity contribution in [3.63, 3.8) is 0 Å². The third-order valence-corrected chi connectivity index (χ3v) is 3.76. The van der Waals surface area contributed by atoms with Crippen molar-refractivity contribution in [2.75, 3.05) is 13.7 Å². The molecule has 0 radical (unpaired) electrons. The Labute approximate surface area is 110 Å². The molecule has 100 valence electrons. The van der Waals surface area contributed by atoms with E-state index < -0.39 is 28.6 Å². The Hall–Kier alpha value is -1.15. The molecule has 0 aromatic heterocycles. The van der Waals surface area contributed by atoms with E-state index in [-0.39, 0.29) is 4.90 Å². The van der Waals surface area contributed by atoms with Crippen molar-refractivity contribution in [2.45, 2.75) is 11.0 Å². The number of carbonyl (C=O) groups is 1. The summed E-state index contributed by atoms with van der Waals surface area (Å²) in [6, 6.07) is 5.48. The van der Waals surface area contributed by atoms with Gasteiger partial charge in [-0.3, -0.25) is 0 Å². The summed E-state index contributed by atoms with van der Waals surface area (Å²) in [7, 11) is -2.69.